The number of fused-ring (bicyclic) bond motifs is 2. The number of benzene rings is 1. The van der Waals surface area contributed by atoms with Gasteiger partial charge in [0, 0.05) is 55.3 Å². The molecular formula is C35H44N8O2S. The molecule has 0 bridgehead atoms. The Morgan fingerprint density at radius 1 is 1.22 bits per heavy atom. The molecule has 3 aliphatic rings. The van der Waals surface area contributed by atoms with Gasteiger partial charge in [-0.3, -0.25) is 14.7 Å². The standard InChI is InChI=1S/C35H44N8O2S/c1-6-31(44)43-17-16-42(21-27(43)12-14-36)33-28-13-15-41(30-19-37-18-26-9-7-8-24(2)32(26)30)22-29(28)38-34(39-33)45-23-46-35(3,4)40(5)20-25-10-11-25/h6-9,18-19,25,27H,1,10-13,15-17,20-23H2,2-5H3/t27-/m0/s1. The van der Waals surface area contributed by atoms with Crippen molar-refractivity contribution in [2.24, 2.45) is 5.92 Å². The highest BCUT2D eigenvalue weighted by molar-refractivity contribution is 8.00. The highest BCUT2D eigenvalue weighted by atomic mass is 32.2. The molecule has 2 aliphatic heterocycles. The summed E-state index contributed by atoms with van der Waals surface area (Å²) < 4.78 is 6.32. The van der Waals surface area contributed by atoms with Gasteiger partial charge in [0.25, 0.3) is 0 Å². The van der Waals surface area contributed by atoms with Crippen molar-refractivity contribution in [3.05, 3.63) is 60.1 Å². The first-order valence-electron chi connectivity index (χ1n) is 16.2. The van der Waals surface area contributed by atoms with Crippen LogP contribution in [-0.2, 0) is 17.8 Å². The van der Waals surface area contributed by atoms with Crippen molar-refractivity contribution in [1.82, 2.24) is 24.8 Å². The largest absolute Gasteiger partial charge is 0.452 e. The number of nitrogens with zero attached hydrogens (tertiary/aromatic N) is 8. The van der Waals surface area contributed by atoms with Crippen LogP contribution in [0, 0.1) is 24.2 Å². The molecule has 0 spiro atoms. The SMILES string of the molecule is C=CC(=O)N1CCN(c2nc(OCSC(C)(C)N(C)CC3CC3)nc3c2CCN(c2cncc4cccc(C)c24)C3)C[C@@H]1CC#N. The van der Waals surface area contributed by atoms with Gasteiger partial charge >= 0.3 is 6.01 Å². The Hall–Kier alpha value is -3.88. The molecule has 2 aromatic heterocycles. The molecule has 1 saturated heterocycles. The maximum Gasteiger partial charge on any atom is 0.319 e. The molecule has 0 radical (unpaired) electrons. The molecule has 1 aliphatic carbocycles. The number of carbonyl (C=O) groups is 1. The van der Waals surface area contributed by atoms with E-state index in [9.17, 15) is 10.1 Å². The van der Waals surface area contributed by atoms with Crippen LogP contribution >= 0.6 is 11.8 Å². The molecule has 2 fully saturated rings. The summed E-state index contributed by atoms with van der Waals surface area (Å²) in [4.78, 5) is 35.8. The van der Waals surface area contributed by atoms with Gasteiger partial charge in [-0.2, -0.15) is 15.2 Å². The second kappa shape index (κ2) is 13.5. The van der Waals surface area contributed by atoms with Gasteiger partial charge in [0.2, 0.25) is 5.91 Å². The van der Waals surface area contributed by atoms with Crippen LogP contribution in [0.1, 0.15) is 49.9 Å². The summed E-state index contributed by atoms with van der Waals surface area (Å²) in [5.41, 5.74) is 4.36. The molecule has 46 heavy (non-hydrogen) atoms. The maximum absolute atomic E-state index is 12.6. The first kappa shape index (κ1) is 32.1. The molecule has 0 N–H and O–H groups in total. The molecule has 0 unspecified atom stereocenters. The second-order valence-corrected chi connectivity index (χ2v) is 14.7. The minimum atomic E-state index is -0.248. The van der Waals surface area contributed by atoms with Crippen LogP contribution in [0.2, 0.25) is 0 Å². The van der Waals surface area contributed by atoms with Crippen LogP contribution in [0.4, 0.5) is 11.5 Å². The molecule has 1 amide bonds. The Kier molecular flexibility index (Phi) is 9.39. The Morgan fingerprint density at radius 3 is 2.80 bits per heavy atom. The van der Waals surface area contributed by atoms with Gasteiger partial charge in [0.15, 0.2) is 0 Å². The summed E-state index contributed by atoms with van der Waals surface area (Å²) in [6.45, 7) is 14.4. The molecule has 1 aromatic carbocycles. The number of amides is 1. The van der Waals surface area contributed by atoms with Crippen molar-refractivity contribution < 1.29 is 9.53 Å². The fourth-order valence-electron chi connectivity index (χ4n) is 6.54. The van der Waals surface area contributed by atoms with Crippen LogP contribution in [0.25, 0.3) is 10.8 Å². The summed E-state index contributed by atoms with van der Waals surface area (Å²) in [6, 6.07) is 8.71. The summed E-state index contributed by atoms with van der Waals surface area (Å²) in [6.07, 6.45) is 8.86. The number of rotatable bonds is 11. The Balaban J connectivity index is 1.29. The summed E-state index contributed by atoms with van der Waals surface area (Å²) in [7, 11) is 2.19. The van der Waals surface area contributed by atoms with E-state index in [1.54, 1.807) is 16.7 Å². The number of pyridine rings is 1. The lowest BCUT2D eigenvalue weighted by Crippen LogP contribution is -2.55. The van der Waals surface area contributed by atoms with Crippen molar-refractivity contribution in [2.75, 3.05) is 55.5 Å². The molecule has 4 heterocycles. The van der Waals surface area contributed by atoms with Crippen LogP contribution < -0.4 is 14.5 Å². The van der Waals surface area contributed by atoms with E-state index in [2.05, 4.69) is 78.3 Å². The highest BCUT2D eigenvalue weighted by Crippen LogP contribution is 2.37. The highest BCUT2D eigenvalue weighted by Gasteiger charge is 2.34. The monoisotopic (exact) mass is 640 g/mol. The van der Waals surface area contributed by atoms with Crippen LogP contribution in [-0.4, -0.2) is 87.3 Å². The lowest BCUT2D eigenvalue weighted by atomic mass is 10.0. The minimum Gasteiger partial charge on any atom is -0.452 e. The number of piperazine rings is 1. The van der Waals surface area contributed by atoms with E-state index in [1.165, 1.54) is 29.9 Å². The number of aromatic nitrogens is 3. The van der Waals surface area contributed by atoms with E-state index in [1.807, 2.05) is 12.4 Å². The van der Waals surface area contributed by atoms with E-state index in [0.717, 1.165) is 53.6 Å². The number of thioether (sulfide) groups is 1. The average molecular weight is 641 g/mol. The van der Waals surface area contributed by atoms with Gasteiger partial charge in [0.1, 0.15) is 11.8 Å². The van der Waals surface area contributed by atoms with Gasteiger partial charge in [-0.15, -0.1) is 0 Å². The van der Waals surface area contributed by atoms with Crippen LogP contribution in [0.5, 0.6) is 6.01 Å². The molecule has 10 nitrogen and oxygen atoms in total. The smallest absolute Gasteiger partial charge is 0.319 e. The fraction of sp³-hybridized carbons (Fsp3) is 0.514. The van der Waals surface area contributed by atoms with Gasteiger partial charge in [-0.25, -0.2) is 0 Å². The number of anilines is 2. The van der Waals surface area contributed by atoms with Crippen LogP contribution in [0.3, 0.4) is 0 Å². The molecule has 11 heteroatoms. The third-order valence-electron chi connectivity index (χ3n) is 9.65. The predicted molar refractivity (Wildman–Crippen MR) is 184 cm³/mol. The molecule has 242 valence electrons. The molecule has 1 saturated carbocycles. The van der Waals surface area contributed by atoms with E-state index >= 15 is 0 Å². The van der Waals surface area contributed by atoms with Crippen molar-refractivity contribution in [3.63, 3.8) is 0 Å². The number of ether oxygens (including phenoxy) is 1. The lowest BCUT2D eigenvalue weighted by molar-refractivity contribution is -0.128. The predicted octanol–water partition coefficient (Wildman–Crippen LogP) is 5.16. The zero-order valence-corrected chi connectivity index (χ0v) is 28.2. The van der Waals surface area contributed by atoms with E-state index in [-0.39, 0.29) is 23.2 Å². The lowest BCUT2D eigenvalue weighted by Gasteiger charge is -2.42. The summed E-state index contributed by atoms with van der Waals surface area (Å²) in [5, 5.41) is 11.9. The Labute approximate surface area is 276 Å². The molecule has 3 aromatic rings. The number of hydrogen-bond donors (Lipinski definition) is 0. The van der Waals surface area contributed by atoms with E-state index < -0.39 is 0 Å². The maximum atomic E-state index is 12.6. The van der Waals surface area contributed by atoms with Crippen molar-refractivity contribution in [1.29, 1.82) is 5.26 Å². The second-order valence-electron chi connectivity index (χ2n) is 13.1. The summed E-state index contributed by atoms with van der Waals surface area (Å²) >= 11 is 1.75. The van der Waals surface area contributed by atoms with Crippen molar-refractivity contribution in [2.45, 2.75) is 63.9 Å². The van der Waals surface area contributed by atoms with Gasteiger partial charge in [-0.05, 0) is 64.6 Å². The Morgan fingerprint density at radius 2 is 2.04 bits per heavy atom. The summed E-state index contributed by atoms with van der Waals surface area (Å²) in [5.74, 6) is 1.94. The fourth-order valence-corrected chi connectivity index (χ4v) is 7.29. The quantitative estimate of drug-likeness (QED) is 0.206. The van der Waals surface area contributed by atoms with Crippen molar-refractivity contribution >= 4 is 39.9 Å². The van der Waals surface area contributed by atoms with Crippen LogP contribution in [0.15, 0.2) is 43.2 Å². The molecule has 1 atom stereocenters. The number of hydrogen-bond acceptors (Lipinski definition) is 10. The normalized spacial score (nSPS) is 18.4. The topological polar surface area (TPSA) is 102 Å². The van der Waals surface area contributed by atoms with Gasteiger partial charge in [0.05, 0.1) is 47.5 Å². The molecular weight excluding hydrogens is 597 g/mol. The van der Waals surface area contributed by atoms with Gasteiger partial charge < -0.3 is 19.4 Å². The zero-order valence-electron chi connectivity index (χ0n) is 27.4. The Bertz CT molecular complexity index is 1650. The first-order valence-corrected chi connectivity index (χ1v) is 17.2. The first-order chi connectivity index (χ1) is 22.2. The minimum absolute atomic E-state index is 0.0891. The molecule has 6 rings (SSSR count). The van der Waals surface area contributed by atoms with E-state index in [0.29, 0.717) is 38.1 Å². The van der Waals surface area contributed by atoms with Crippen molar-refractivity contribution in [3.8, 4) is 12.1 Å². The average Bonchev–Trinajstić information content (AvgIpc) is 3.88. The third kappa shape index (κ3) is 6.79. The zero-order chi connectivity index (χ0) is 32.4. The third-order valence-corrected chi connectivity index (χ3v) is 10.9. The number of aryl methyl sites for hydroxylation is 1. The number of nitriles is 1. The number of carbonyl (C=O) groups excluding carboxylic acids is 1. The van der Waals surface area contributed by atoms with Gasteiger partial charge in [-0.1, -0.05) is 36.5 Å². The van der Waals surface area contributed by atoms with E-state index in [4.69, 9.17) is 14.7 Å².